The molecular formula is C16H25NO3S. The Balaban J connectivity index is 2.53. The smallest absolute Gasteiger partial charge is 0.243 e. The minimum absolute atomic E-state index is 0.0250. The summed E-state index contributed by atoms with van der Waals surface area (Å²) in [5.41, 5.74) is 2.35. The fraction of sp³-hybridized carbons (Fsp3) is 0.625. The average Bonchev–Trinajstić information content (AvgIpc) is 2.38. The van der Waals surface area contributed by atoms with Gasteiger partial charge in [-0.3, -0.25) is 0 Å². The highest BCUT2D eigenvalue weighted by Crippen LogP contribution is 2.31. The number of benzene rings is 1. The molecule has 0 aliphatic carbocycles. The van der Waals surface area contributed by atoms with Gasteiger partial charge in [-0.2, -0.15) is 4.31 Å². The Bertz CT molecular complexity index is 615. The van der Waals surface area contributed by atoms with Gasteiger partial charge in [0.2, 0.25) is 10.0 Å². The Morgan fingerprint density at radius 3 is 2.24 bits per heavy atom. The van der Waals surface area contributed by atoms with Crippen molar-refractivity contribution in [2.24, 2.45) is 0 Å². The zero-order chi connectivity index (χ0) is 15.8. The van der Waals surface area contributed by atoms with E-state index in [9.17, 15) is 13.5 Å². The molecule has 0 radical (unpaired) electrons. The van der Waals surface area contributed by atoms with Gasteiger partial charge >= 0.3 is 0 Å². The van der Waals surface area contributed by atoms with Crippen LogP contribution in [-0.4, -0.2) is 29.9 Å². The molecule has 1 heterocycles. The van der Waals surface area contributed by atoms with E-state index in [1.165, 1.54) is 0 Å². The van der Waals surface area contributed by atoms with Gasteiger partial charge in [0.05, 0.1) is 11.5 Å². The Hall–Kier alpha value is -0.910. The van der Waals surface area contributed by atoms with Crippen molar-refractivity contribution in [2.75, 3.05) is 0 Å². The summed E-state index contributed by atoms with van der Waals surface area (Å²) >= 11 is 0. The average molecular weight is 311 g/mol. The predicted octanol–water partition coefficient (Wildman–Crippen LogP) is 2.75. The van der Waals surface area contributed by atoms with Gasteiger partial charge in [-0.1, -0.05) is 12.5 Å². The molecular weight excluding hydrogens is 286 g/mol. The molecule has 1 N–H and O–H groups in total. The first-order chi connectivity index (χ1) is 9.78. The Morgan fingerprint density at radius 2 is 1.71 bits per heavy atom. The van der Waals surface area contributed by atoms with Gasteiger partial charge in [0.25, 0.3) is 0 Å². The fourth-order valence-corrected chi connectivity index (χ4v) is 5.45. The van der Waals surface area contributed by atoms with E-state index < -0.39 is 10.0 Å². The van der Waals surface area contributed by atoms with Crippen LogP contribution in [0.4, 0.5) is 0 Å². The molecule has 0 saturated carbocycles. The fourth-order valence-electron chi connectivity index (χ4n) is 3.31. The first-order valence-corrected chi connectivity index (χ1v) is 8.97. The lowest BCUT2D eigenvalue weighted by molar-refractivity contribution is 0.204. The monoisotopic (exact) mass is 311 g/mol. The highest BCUT2D eigenvalue weighted by atomic mass is 32.2. The summed E-state index contributed by atoms with van der Waals surface area (Å²) in [5, 5.41) is 9.41. The summed E-state index contributed by atoms with van der Waals surface area (Å²) in [7, 11) is -3.52. The number of hydrogen-bond acceptors (Lipinski definition) is 3. The number of aryl methyl sites for hydroxylation is 2. The van der Waals surface area contributed by atoms with Crippen LogP contribution in [0.5, 0.6) is 0 Å². The van der Waals surface area contributed by atoms with Crippen LogP contribution in [0.15, 0.2) is 17.0 Å². The second-order valence-corrected chi connectivity index (χ2v) is 7.98. The molecule has 1 aromatic carbocycles. The van der Waals surface area contributed by atoms with Crippen molar-refractivity contribution in [1.29, 1.82) is 0 Å². The molecule has 4 nitrogen and oxygen atoms in total. The van der Waals surface area contributed by atoms with E-state index in [1.807, 2.05) is 33.8 Å². The maximum absolute atomic E-state index is 13.1. The second kappa shape index (κ2) is 6.07. The van der Waals surface area contributed by atoms with E-state index in [4.69, 9.17) is 0 Å². The lowest BCUT2D eigenvalue weighted by Gasteiger charge is -2.38. The van der Waals surface area contributed by atoms with Crippen LogP contribution in [0, 0.1) is 13.8 Å². The molecule has 0 spiro atoms. The summed E-state index contributed by atoms with van der Waals surface area (Å²) in [6, 6.07) is 3.53. The minimum Gasteiger partial charge on any atom is -0.392 e. The van der Waals surface area contributed by atoms with Crippen LogP contribution in [-0.2, 0) is 16.6 Å². The molecule has 1 aromatic rings. The summed E-state index contributed by atoms with van der Waals surface area (Å²) in [6.45, 7) is 7.52. The van der Waals surface area contributed by atoms with Gasteiger partial charge in [-0.05, 0) is 63.3 Å². The first-order valence-electron chi connectivity index (χ1n) is 7.53. The third-order valence-electron chi connectivity index (χ3n) is 4.47. The number of rotatable bonds is 3. The van der Waals surface area contributed by atoms with Gasteiger partial charge < -0.3 is 5.11 Å². The maximum Gasteiger partial charge on any atom is 0.243 e. The number of nitrogens with zero attached hydrogens (tertiary/aromatic N) is 1. The largest absolute Gasteiger partial charge is 0.392 e. The zero-order valence-electron chi connectivity index (χ0n) is 13.3. The van der Waals surface area contributed by atoms with Crippen LogP contribution in [0.1, 0.15) is 49.8 Å². The van der Waals surface area contributed by atoms with Crippen molar-refractivity contribution in [2.45, 2.75) is 70.5 Å². The lowest BCUT2D eigenvalue weighted by Crippen LogP contribution is -2.47. The van der Waals surface area contributed by atoms with Crippen molar-refractivity contribution >= 4 is 10.0 Å². The van der Waals surface area contributed by atoms with Crippen molar-refractivity contribution < 1.29 is 13.5 Å². The molecule has 1 aliphatic rings. The van der Waals surface area contributed by atoms with E-state index in [0.717, 1.165) is 30.4 Å². The van der Waals surface area contributed by atoms with Gasteiger partial charge in [-0.15, -0.1) is 0 Å². The predicted molar refractivity (Wildman–Crippen MR) is 83.6 cm³/mol. The van der Waals surface area contributed by atoms with Crippen molar-refractivity contribution in [3.8, 4) is 0 Å². The van der Waals surface area contributed by atoms with E-state index in [1.54, 1.807) is 10.4 Å². The molecule has 2 rings (SSSR count). The van der Waals surface area contributed by atoms with Crippen LogP contribution in [0.3, 0.4) is 0 Å². The Kier molecular flexibility index (Phi) is 4.76. The molecule has 0 amide bonds. The summed E-state index contributed by atoms with van der Waals surface area (Å²) in [6.07, 6.45) is 2.88. The second-order valence-electron chi connectivity index (χ2n) is 6.17. The van der Waals surface area contributed by atoms with Gasteiger partial charge in [0.1, 0.15) is 0 Å². The first kappa shape index (κ1) is 16.5. The van der Waals surface area contributed by atoms with Gasteiger partial charge in [0, 0.05) is 12.1 Å². The molecule has 21 heavy (non-hydrogen) atoms. The van der Waals surface area contributed by atoms with Crippen LogP contribution < -0.4 is 0 Å². The normalized spacial score (nSPS) is 24.2. The zero-order valence-corrected chi connectivity index (χ0v) is 14.1. The minimum atomic E-state index is -3.52. The number of hydrogen-bond donors (Lipinski definition) is 1. The Labute approximate surface area is 127 Å². The third kappa shape index (κ3) is 3.00. The van der Waals surface area contributed by atoms with Crippen molar-refractivity contribution in [1.82, 2.24) is 4.31 Å². The van der Waals surface area contributed by atoms with E-state index in [2.05, 4.69) is 0 Å². The third-order valence-corrected chi connectivity index (χ3v) is 6.74. The van der Waals surface area contributed by atoms with Gasteiger partial charge in [-0.25, -0.2) is 8.42 Å². The number of piperidine rings is 1. The lowest BCUT2D eigenvalue weighted by atomic mass is 10.0. The van der Waals surface area contributed by atoms with E-state index >= 15 is 0 Å². The quantitative estimate of drug-likeness (QED) is 0.934. The molecule has 5 heteroatoms. The molecule has 0 bridgehead atoms. The highest BCUT2D eigenvalue weighted by molar-refractivity contribution is 7.89. The number of sulfonamides is 1. The Morgan fingerprint density at radius 1 is 1.14 bits per heavy atom. The number of aliphatic hydroxyl groups excluding tert-OH is 1. The molecule has 0 aromatic heterocycles. The molecule has 2 atom stereocenters. The summed E-state index contributed by atoms with van der Waals surface area (Å²) < 4.78 is 27.8. The van der Waals surface area contributed by atoms with E-state index in [-0.39, 0.29) is 18.7 Å². The van der Waals surface area contributed by atoms with E-state index in [0.29, 0.717) is 10.5 Å². The topological polar surface area (TPSA) is 57.6 Å². The van der Waals surface area contributed by atoms with Gasteiger partial charge in [0.15, 0.2) is 0 Å². The molecule has 1 saturated heterocycles. The standard InChI is InChI=1S/C16H25NO3S/c1-11-8-12(2)16(9-15(11)10-18)21(19,20)17-13(3)6-5-7-14(17)4/h8-9,13-14,18H,5-7,10H2,1-4H3/t13-,14+. The molecule has 1 fully saturated rings. The van der Waals surface area contributed by atoms with Crippen molar-refractivity contribution in [3.63, 3.8) is 0 Å². The summed E-state index contributed by atoms with van der Waals surface area (Å²) in [5.74, 6) is 0. The maximum atomic E-state index is 13.1. The highest BCUT2D eigenvalue weighted by Gasteiger charge is 2.36. The number of aliphatic hydroxyl groups is 1. The molecule has 118 valence electrons. The summed E-state index contributed by atoms with van der Waals surface area (Å²) in [4.78, 5) is 0.331. The van der Waals surface area contributed by atoms with Crippen LogP contribution in [0.25, 0.3) is 0 Å². The van der Waals surface area contributed by atoms with Crippen LogP contribution in [0.2, 0.25) is 0 Å². The van der Waals surface area contributed by atoms with Crippen molar-refractivity contribution in [3.05, 3.63) is 28.8 Å². The molecule has 1 aliphatic heterocycles. The van der Waals surface area contributed by atoms with Crippen LogP contribution >= 0.6 is 0 Å². The molecule has 0 unspecified atom stereocenters. The SMILES string of the molecule is Cc1cc(C)c(S(=O)(=O)N2[C@H](C)CCC[C@@H]2C)cc1CO.